The van der Waals surface area contributed by atoms with Crippen molar-refractivity contribution >= 4 is 0 Å². The minimum atomic E-state index is 0.624. The van der Waals surface area contributed by atoms with Gasteiger partial charge in [-0.25, -0.2) is 0 Å². The molecule has 0 N–H and O–H groups in total. The summed E-state index contributed by atoms with van der Waals surface area (Å²) in [7, 11) is 0. The van der Waals surface area contributed by atoms with Gasteiger partial charge in [0.2, 0.25) is 0 Å². The predicted molar refractivity (Wildman–Crippen MR) is 73.3 cm³/mol. The first-order valence-corrected chi connectivity index (χ1v) is 6.29. The van der Waals surface area contributed by atoms with E-state index in [4.69, 9.17) is 0 Å². The molecule has 0 aromatic rings. The molecule has 0 radical (unpaired) electrons. The van der Waals surface area contributed by atoms with Crippen LogP contribution in [0.1, 0.15) is 41.0 Å². The molecule has 0 rings (SSSR count). The highest BCUT2D eigenvalue weighted by atomic mass is 15.2. The largest absolute Gasteiger partial charge is 0.355 e. The van der Waals surface area contributed by atoms with E-state index in [2.05, 4.69) is 50.3 Å². The highest BCUT2D eigenvalue weighted by Gasteiger charge is 2.12. The monoisotopic (exact) mass is 224 g/mol. The van der Waals surface area contributed by atoms with Crippen LogP contribution in [0.15, 0.2) is 25.1 Å². The van der Waals surface area contributed by atoms with Crippen LogP contribution in [0.2, 0.25) is 0 Å². The molecule has 0 amide bonds. The SMILES string of the molecule is C=CN(/C=C\C)CCCN(C(C)C)C(C)C. The molecule has 0 heterocycles. The van der Waals surface area contributed by atoms with Crippen molar-refractivity contribution in [3.05, 3.63) is 25.1 Å². The van der Waals surface area contributed by atoms with Gasteiger partial charge in [0.15, 0.2) is 0 Å². The molecule has 2 nitrogen and oxygen atoms in total. The average Bonchev–Trinajstić information content (AvgIpc) is 2.21. The van der Waals surface area contributed by atoms with E-state index >= 15 is 0 Å². The summed E-state index contributed by atoms with van der Waals surface area (Å²) in [5.74, 6) is 0. The van der Waals surface area contributed by atoms with E-state index in [0.29, 0.717) is 12.1 Å². The first kappa shape index (κ1) is 15.2. The standard InChI is InChI=1S/C14H28N2/c1-7-10-15(8-2)11-9-12-16(13(3)4)14(5)6/h7-8,10,13-14H,2,9,11-12H2,1,3-6H3/b10-7-. The third-order valence-electron chi connectivity index (χ3n) is 2.73. The van der Waals surface area contributed by atoms with Gasteiger partial charge in [0.1, 0.15) is 0 Å². The van der Waals surface area contributed by atoms with Gasteiger partial charge in [-0.05, 0) is 53.4 Å². The van der Waals surface area contributed by atoms with E-state index in [1.807, 2.05) is 19.2 Å². The van der Waals surface area contributed by atoms with Crippen LogP contribution >= 0.6 is 0 Å². The zero-order valence-corrected chi connectivity index (χ0v) is 11.6. The van der Waals surface area contributed by atoms with Gasteiger partial charge in [-0.15, -0.1) is 0 Å². The fourth-order valence-electron chi connectivity index (χ4n) is 1.97. The predicted octanol–water partition coefficient (Wildman–Crippen LogP) is 3.47. The molecule has 2 heteroatoms. The molecule has 0 aromatic carbocycles. The number of hydrogen-bond donors (Lipinski definition) is 0. The van der Waals surface area contributed by atoms with E-state index in [0.717, 1.165) is 13.1 Å². The maximum Gasteiger partial charge on any atom is 0.0231 e. The molecule has 0 saturated carbocycles. The zero-order valence-electron chi connectivity index (χ0n) is 11.6. The van der Waals surface area contributed by atoms with Crippen LogP contribution in [0.4, 0.5) is 0 Å². The van der Waals surface area contributed by atoms with Crippen molar-refractivity contribution in [1.29, 1.82) is 0 Å². The van der Waals surface area contributed by atoms with Crippen LogP contribution in [0.3, 0.4) is 0 Å². The lowest BCUT2D eigenvalue weighted by atomic mass is 10.2. The summed E-state index contributed by atoms with van der Waals surface area (Å²) in [5, 5.41) is 0. The van der Waals surface area contributed by atoms with Gasteiger partial charge in [0.25, 0.3) is 0 Å². The summed E-state index contributed by atoms with van der Waals surface area (Å²) in [6.07, 6.45) is 7.17. The van der Waals surface area contributed by atoms with Crippen molar-refractivity contribution in [1.82, 2.24) is 9.80 Å². The number of hydrogen-bond acceptors (Lipinski definition) is 2. The number of rotatable bonds is 8. The van der Waals surface area contributed by atoms with Crippen LogP contribution in [-0.4, -0.2) is 35.0 Å². The summed E-state index contributed by atoms with van der Waals surface area (Å²) in [6, 6.07) is 1.25. The Hall–Kier alpha value is -0.760. The van der Waals surface area contributed by atoms with Crippen LogP contribution in [-0.2, 0) is 0 Å². The average molecular weight is 224 g/mol. The van der Waals surface area contributed by atoms with Gasteiger partial charge in [0.05, 0.1) is 0 Å². The normalized spacial score (nSPS) is 12.0. The minimum Gasteiger partial charge on any atom is -0.355 e. The smallest absolute Gasteiger partial charge is 0.0231 e. The summed E-state index contributed by atoms with van der Waals surface area (Å²) < 4.78 is 0. The molecule has 94 valence electrons. The highest BCUT2D eigenvalue weighted by Crippen LogP contribution is 2.06. The van der Waals surface area contributed by atoms with Crippen LogP contribution in [0.25, 0.3) is 0 Å². The second-order valence-corrected chi connectivity index (χ2v) is 4.68. The molecule has 0 aliphatic rings. The van der Waals surface area contributed by atoms with E-state index < -0.39 is 0 Å². The highest BCUT2D eigenvalue weighted by molar-refractivity contribution is 4.85. The van der Waals surface area contributed by atoms with Crippen molar-refractivity contribution in [2.24, 2.45) is 0 Å². The van der Waals surface area contributed by atoms with E-state index in [9.17, 15) is 0 Å². The Labute approximate surface area is 102 Å². The molecule has 0 aliphatic heterocycles. The van der Waals surface area contributed by atoms with E-state index in [-0.39, 0.29) is 0 Å². The quantitative estimate of drug-likeness (QED) is 0.623. The lowest BCUT2D eigenvalue weighted by Gasteiger charge is -2.31. The molecule has 0 fully saturated rings. The summed E-state index contributed by atoms with van der Waals surface area (Å²) in [4.78, 5) is 4.66. The van der Waals surface area contributed by atoms with Crippen LogP contribution in [0.5, 0.6) is 0 Å². The molecular weight excluding hydrogens is 196 g/mol. The molecule has 16 heavy (non-hydrogen) atoms. The second kappa shape index (κ2) is 8.40. The zero-order chi connectivity index (χ0) is 12.6. The summed E-state index contributed by atoms with van der Waals surface area (Å²) in [5.41, 5.74) is 0. The van der Waals surface area contributed by atoms with Gasteiger partial charge in [-0.2, -0.15) is 0 Å². The topological polar surface area (TPSA) is 6.48 Å². The molecule has 0 aromatic heterocycles. The van der Waals surface area contributed by atoms with Gasteiger partial charge in [0, 0.05) is 25.2 Å². The van der Waals surface area contributed by atoms with Crippen molar-refractivity contribution in [2.75, 3.05) is 13.1 Å². The molecule has 0 aliphatic carbocycles. The first-order valence-electron chi connectivity index (χ1n) is 6.29. The lowest BCUT2D eigenvalue weighted by Crippen LogP contribution is -2.38. The fraction of sp³-hybridized carbons (Fsp3) is 0.714. The molecule has 0 unspecified atom stereocenters. The van der Waals surface area contributed by atoms with Crippen molar-refractivity contribution in [3.8, 4) is 0 Å². The Balaban J connectivity index is 3.98. The Morgan fingerprint density at radius 1 is 1.06 bits per heavy atom. The molecule has 0 spiro atoms. The van der Waals surface area contributed by atoms with Gasteiger partial charge in [-0.1, -0.05) is 12.7 Å². The van der Waals surface area contributed by atoms with Gasteiger partial charge in [-0.3, -0.25) is 4.90 Å². The van der Waals surface area contributed by atoms with Crippen molar-refractivity contribution in [2.45, 2.75) is 53.1 Å². The molecule has 0 bridgehead atoms. The first-order chi connectivity index (χ1) is 7.52. The number of nitrogens with zero attached hydrogens (tertiary/aromatic N) is 2. The molecular formula is C14H28N2. The van der Waals surface area contributed by atoms with E-state index in [1.54, 1.807) is 0 Å². The molecule has 0 saturated heterocycles. The fourth-order valence-corrected chi connectivity index (χ4v) is 1.97. The summed E-state index contributed by atoms with van der Waals surface area (Å²) in [6.45, 7) is 17.1. The lowest BCUT2D eigenvalue weighted by molar-refractivity contribution is 0.169. The van der Waals surface area contributed by atoms with Gasteiger partial charge >= 0.3 is 0 Å². The Bertz CT molecular complexity index is 199. The third-order valence-corrected chi connectivity index (χ3v) is 2.73. The third kappa shape index (κ3) is 5.96. The van der Waals surface area contributed by atoms with Crippen LogP contribution in [0, 0.1) is 0 Å². The maximum absolute atomic E-state index is 3.81. The molecule has 0 atom stereocenters. The van der Waals surface area contributed by atoms with Gasteiger partial charge < -0.3 is 4.90 Å². The second-order valence-electron chi connectivity index (χ2n) is 4.68. The Morgan fingerprint density at radius 2 is 1.62 bits per heavy atom. The minimum absolute atomic E-state index is 0.624. The van der Waals surface area contributed by atoms with Crippen LogP contribution < -0.4 is 0 Å². The summed E-state index contributed by atoms with van der Waals surface area (Å²) >= 11 is 0. The van der Waals surface area contributed by atoms with Crippen molar-refractivity contribution < 1.29 is 0 Å². The number of allylic oxidation sites excluding steroid dienone is 1. The Kier molecular flexibility index (Phi) is 8.00. The maximum atomic E-state index is 3.81. The Morgan fingerprint density at radius 3 is 2.00 bits per heavy atom. The van der Waals surface area contributed by atoms with Crippen molar-refractivity contribution in [3.63, 3.8) is 0 Å². The van der Waals surface area contributed by atoms with E-state index in [1.165, 1.54) is 6.42 Å².